The van der Waals surface area contributed by atoms with Crippen molar-refractivity contribution in [3.05, 3.63) is 0 Å². The van der Waals surface area contributed by atoms with Gasteiger partial charge in [-0.15, -0.1) is 0 Å². The highest BCUT2D eigenvalue weighted by atomic mass is 16.6. The summed E-state index contributed by atoms with van der Waals surface area (Å²) in [6.45, 7) is 5.97. The van der Waals surface area contributed by atoms with Crippen LogP contribution in [0.4, 0.5) is 4.79 Å². The lowest BCUT2D eigenvalue weighted by Gasteiger charge is -2.27. The molecule has 1 fully saturated rings. The van der Waals surface area contributed by atoms with Gasteiger partial charge in [-0.1, -0.05) is 0 Å². The molecule has 0 radical (unpaired) electrons. The standard InChI is InChI=1S/C11H20N2O3/c1-11(2,3)16-10(15)13-6-4-5-8(13)9(14)7-12/h8H,4-7,12H2,1-3H3/t8-/m1/s1. The molecule has 0 aromatic carbocycles. The van der Waals surface area contributed by atoms with Crippen molar-refractivity contribution >= 4 is 11.9 Å². The molecule has 1 amide bonds. The van der Waals surface area contributed by atoms with Crippen molar-refractivity contribution in [2.24, 2.45) is 5.73 Å². The average molecular weight is 228 g/mol. The molecule has 16 heavy (non-hydrogen) atoms. The predicted octanol–water partition coefficient (Wildman–Crippen LogP) is 0.914. The van der Waals surface area contributed by atoms with Crippen LogP contribution in [-0.2, 0) is 9.53 Å². The van der Waals surface area contributed by atoms with E-state index in [1.165, 1.54) is 4.90 Å². The second-order valence-electron chi connectivity index (χ2n) is 5.00. The van der Waals surface area contributed by atoms with Gasteiger partial charge in [0.15, 0.2) is 5.78 Å². The van der Waals surface area contributed by atoms with Gasteiger partial charge in [0.1, 0.15) is 5.60 Å². The van der Waals surface area contributed by atoms with Gasteiger partial charge in [-0.2, -0.15) is 0 Å². The molecule has 92 valence electrons. The largest absolute Gasteiger partial charge is 0.444 e. The van der Waals surface area contributed by atoms with E-state index in [1.54, 1.807) is 20.8 Å². The molecule has 1 aliphatic heterocycles. The summed E-state index contributed by atoms with van der Waals surface area (Å²) in [5.41, 5.74) is 4.78. The van der Waals surface area contributed by atoms with Crippen molar-refractivity contribution in [2.45, 2.75) is 45.3 Å². The number of carbonyl (C=O) groups excluding carboxylic acids is 2. The number of hydrogen-bond donors (Lipinski definition) is 1. The summed E-state index contributed by atoms with van der Waals surface area (Å²) in [4.78, 5) is 24.8. The second kappa shape index (κ2) is 4.82. The van der Waals surface area contributed by atoms with Crippen LogP contribution in [0.3, 0.4) is 0 Å². The second-order valence-corrected chi connectivity index (χ2v) is 5.00. The summed E-state index contributed by atoms with van der Waals surface area (Å²) in [5, 5.41) is 0. The predicted molar refractivity (Wildman–Crippen MR) is 60.0 cm³/mol. The summed E-state index contributed by atoms with van der Waals surface area (Å²) >= 11 is 0. The number of likely N-dealkylation sites (tertiary alicyclic amines) is 1. The van der Waals surface area contributed by atoms with Crippen molar-refractivity contribution in [3.8, 4) is 0 Å². The molecule has 0 aliphatic carbocycles. The monoisotopic (exact) mass is 228 g/mol. The van der Waals surface area contributed by atoms with Gasteiger partial charge in [-0.25, -0.2) is 4.79 Å². The van der Waals surface area contributed by atoms with E-state index < -0.39 is 11.7 Å². The Morgan fingerprint density at radius 2 is 2.06 bits per heavy atom. The molecule has 0 bridgehead atoms. The van der Waals surface area contributed by atoms with Crippen LogP contribution in [-0.4, -0.2) is 41.5 Å². The zero-order valence-electron chi connectivity index (χ0n) is 10.2. The Bertz CT molecular complexity index is 283. The van der Waals surface area contributed by atoms with Gasteiger partial charge in [0.25, 0.3) is 0 Å². The van der Waals surface area contributed by atoms with Crippen molar-refractivity contribution in [3.63, 3.8) is 0 Å². The van der Waals surface area contributed by atoms with Crippen LogP contribution in [0.25, 0.3) is 0 Å². The van der Waals surface area contributed by atoms with E-state index in [0.29, 0.717) is 13.0 Å². The highest BCUT2D eigenvalue weighted by Crippen LogP contribution is 2.21. The summed E-state index contributed by atoms with van der Waals surface area (Å²) in [7, 11) is 0. The van der Waals surface area contributed by atoms with Gasteiger partial charge in [0, 0.05) is 6.54 Å². The van der Waals surface area contributed by atoms with Crippen LogP contribution in [0.1, 0.15) is 33.6 Å². The minimum atomic E-state index is -0.532. The van der Waals surface area contributed by atoms with Gasteiger partial charge in [0.2, 0.25) is 0 Å². The highest BCUT2D eigenvalue weighted by Gasteiger charge is 2.35. The number of amides is 1. The SMILES string of the molecule is CC(C)(C)OC(=O)N1CCC[C@@H]1C(=O)CN. The number of ketones is 1. The molecule has 1 aliphatic rings. The molecule has 0 aromatic heterocycles. The Hall–Kier alpha value is -1.10. The maximum absolute atomic E-state index is 11.8. The van der Waals surface area contributed by atoms with E-state index >= 15 is 0 Å². The normalized spacial score (nSPS) is 21.0. The van der Waals surface area contributed by atoms with Crippen LogP contribution in [0.2, 0.25) is 0 Å². The van der Waals surface area contributed by atoms with E-state index in [2.05, 4.69) is 0 Å². The minimum Gasteiger partial charge on any atom is -0.444 e. The van der Waals surface area contributed by atoms with E-state index in [0.717, 1.165) is 6.42 Å². The molecule has 0 unspecified atom stereocenters. The Labute approximate surface area is 95.9 Å². The Morgan fingerprint density at radius 1 is 1.44 bits per heavy atom. The van der Waals surface area contributed by atoms with Crippen molar-refractivity contribution < 1.29 is 14.3 Å². The molecule has 0 saturated carbocycles. The average Bonchev–Trinajstić information content (AvgIpc) is 2.62. The Morgan fingerprint density at radius 3 is 2.56 bits per heavy atom. The number of Topliss-reactive ketones (excluding diaryl/α,β-unsaturated/α-hetero) is 1. The fraction of sp³-hybridized carbons (Fsp3) is 0.818. The van der Waals surface area contributed by atoms with Crippen LogP contribution >= 0.6 is 0 Å². The third-order valence-corrected chi connectivity index (χ3v) is 2.45. The fourth-order valence-corrected chi connectivity index (χ4v) is 1.78. The Balaban J connectivity index is 2.65. The first kappa shape index (κ1) is 13.0. The molecule has 2 N–H and O–H groups in total. The topological polar surface area (TPSA) is 72.6 Å². The summed E-state index contributed by atoms with van der Waals surface area (Å²) in [6.07, 6.45) is 1.10. The molecule has 5 nitrogen and oxygen atoms in total. The molecule has 0 aromatic rings. The zero-order valence-corrected chi connectivity index (χ0v) is 10.2. The van der Waals surface area contributed by atoms with E-state index in [-0.39, 0.29) is 18.4 Å². The van der Waals surface area contributed by atoms with E-state index in [1.807, 2.05) is 0 Å². The molecule has 0 spiro atoms. The Kier molecular flexibility index (Phi) is 3.91. The fourth-order valence-electron chi connectivity index (χ4n) is 1.78. The molecule has 1 atom stereocenters. The van der Waals surface area contributed by atoms with E-state index in [4.69, 9.17) is 10.5 Å². The van der Waals surface area contributed by atoms with Gasteiger partial charge in [0.05, 0.1) is 12.6 Å². The van der Waals surface area contributed by atoms with Crippen LogP contribution in [0.15, 0.2) is 0 Å². The number of hydrogen-bond acceptors (Lipinski definition) is 4. The van der Waals surface area contributed by atoms with Crippen LogP contribution < -0.4 is 5.73 Å². The molecular weight excluding hydrogens is 208 g/mol. The molecule has 1 saturated heterocycles. The van der Waals surface area contributed by atoms with Gasteiger partial charge < -0.3 is 10.5 Å². The maximum atomic E-state index is 11.8. The first-order chi connectivity index (χ1) is 7.35. The van der Waals surface area contributed by atoms with Crippen molar-refractivity contribution in [1.82, 2.24) is 4.90 Å². The summed E-state index contributed by atoms with van der Waals surface area (Å²) in [6, 6.07) is -0.389. The number of rotatable bonds is 2. The smallest absolute Gasteiger partial charge is 0.410 e. The number of carbonyl (C=O) groups is 2. The lowest BCUT2D eigenvalue weighted by Crippen LogP contribution is -2.45. The first-order valence-corrected chi connectivity index (χ1v) is 5.57. The molecular formula is C11H20N2O3. The van der Waals surface area contributed by atoms with Crippen molar-refractivity contribution in [2.75, 3.05) is 13.1 Å². The van der Waals surface area contributed by atoms with E-state index in [9.17, 15) is 9.59 Å². The summed E-state index contributed by atoms with van der Waals surface area (Å²) < 4.78 is 5.24. The lowest BCUT2D eigenvalue weighted by molar-refractivity contribution is -0.122. The number of nitrogens with two attached hydrogens (primary N) is 1. The highest BCUT2D eigenvalue weighted by molar-refractivity contribution is 5.89. The number of nitrogens with zero attached hydrogens (tertiary/aromatic N) is 1. The van der Waals surface area contributed by atoms with Gasteiger partial charge in [-0.3, -0.25) is 9.69 Å². The molecule has 1 heterocycles. The number of ether oxygens (including phenoxy) is 1. The van der Waals surface area contributed by atoms with Gasteiger partial charge in [-0.05, 0) is 33.6 Å². The molecule has 1 rings (SSSR count). The third-order valence-electron chi connectivity index (χ3n) is 2.45. The maximum Gasteiger partial charge on any atom is 0.410 e. The minimum absolute atomic E-state index is 0.0238. The van der Waals surface area contributed by atoms with Crippen LogP contribution in [0, 0.1) is 0 Å². The quantitative estimate of drug-likeness (QED) is 0.762. The zero-order chi connectivity index (χ0) is 12.3. The van der Waals surface area contributed by atoms with Gasteiger partial charge >= 0.3 is 6.09 Å². The molecule has 5 heteroatoms. The van der Waals surface area contributed by atoms with Crippen molar-refractivity contribution in [1.29, 1.82) is 0 Å². The summed E-state index contributed by atoms with van der Waals surface area (Å²) in [5.74, 6) is -0.0941. The third kappa shape index (κ3) is 3.20. The first-order valence-electron chi connectivity index (χ1n) is 5.57. The van der Waals surface area contributed by atoms with Crippen LogP contribution in [0.5, 0.6) is 0 Å². The lowest BCUT2D eigenvalue weighted by atomic mass is 10.1.